The van der Waals surface area contributed by atoms with Crippen molar-refractivity contribution in [2.75, 3.05) is 52.9 Å². The minimum absolute atomic E-state index is 0.0375. The highest BCUT2D eigenvalue weighted by Gasteiger charge is 2.39. The zero-order valence-electron chi connectivity index (χ0n) is 15.0. The van der Waals surface area contributed by atoms with Crippen molar-refractivity contribution in [2.24, 2.45) is 0 Å². The van der Waals surface area contributed by atoms with Gasteiger partial charge in [-0.3, -0.25) is 14.4 Å². The summed E-state index contributed by atoms with van der Waals surface area (Å²) in [5.41, 5.74) is 1.14. The number of hydrogen-bond donors (Lipinski definition) is 1. The average molecular weight is 335 g/mol. The Bertz CT molecular complexity index is 594. The highest BCUT2D eigenvalue weighted by molar-refractivity contribution is 5.76. The van der Waals surface area contributed by atoms with Gasteiger partial charge in [-0.2, -0.15) is 5.10 Å². The van der Waals surface area contributed by atoms with E-state index in [-0.39, 0.29) is 12.5 Å². The number of carbonyl (C=O) groups is 1. The van der Waals surface area contributed by atoms with E-state index in [2.05, 4.69) is 21.9 Å². The van der Waals surface area contributed by atoms with Gasteiger partial charge in [0.15, 0.2) is 0 Å². The van der Waals surface area contributed by atoms with E-state index in [1.165, 1.54) is 0 Å². The number of amides is 1. The summed E-state index contributed by atoms with van der Waals surface area (Å²) in [6.45, 7) is 9.90. The van der Waals surface area contributed by atoms with E-state index in [4.69, 9.17) is 0 Å². The summed E-state index contributed by atoms with van der Waals surface area (Å²) in [4.78, 5) is 18.9. The van der Waals surface area contributed by atoms with E-state index in [0.717, 1.165) is 37.6 Å². The molecule has 3 rings (SSSR count). The van der Waals surface area contributed by atoms with Gasteiger partial charge in [0.05, 0.1) is 17.8 Å². The van der Waals surface area contributed by atoms with E-state index in [9.17, 15) is 9.90 Å². The quantitative estimate of drug-likeness (QED) is 0.819. The predicted molar refractivity (Wildman–Crippen MR) is 91.8 cm³/mol. The fraction of sp³-hybridized carbons (Fsp3) is 0.765. The number of likely N-dealkylation sites (N-methyl/N-ethyl adjacent to an activating group) is 1. The summed E-state index contributed by atoms with van der Waals surface area (Å²) in [6, 6.07) is 1.97. The number of aromatic nitrogens is 2. The van der Waals surface area contributed by atoms with Crippen LogP contribution < -0.4 is 0 Å². The van der Waals surface area contributed by atoms with Gasteiger partial charge in [0.25, 0.3) is 0 Å². The van der Waals surface area contributed by atoms with Crippen molar-refractivity contribution in [3.63, 3.8) is 0 Å². The summed E-state index contributed by atoms with van der Waals surface area (Å²) < 4.78 is 1.75. The third-order valence-electron chi connectivity index (χ3n) is 5.19. The zero-order valence-corrected chi connectivity index (χ0v) is 15.0. The highest BCUT2D eigenvalue weighted by Crippen LogP contribution is 2.23. The third-order valence-corrected chi connectivity index (χ3v) is 5.19. The SMILES string of the molecule is Cc1cc(C)n(CC(=O)N2CC[C@@](O)(CN3CCN(C)CC3)C2)n1. The molecular formula is C17H29N5O2. The summed E-state index contributed by atoms with van der Waals surface area (Å²) >= 11 is 0. The van der Waals surface area contributed by atoms with Gasteiger partial charge in [0.2, 0.25) is 5.91 Å². The van der Waals surface area contributed by atoms with Crippen LogP contribution in [0.2, 0.25) is 0 Å². The Morgan fingerprint density at radius 1 is 1.25 bits per heavy atom. The van der Waals surface area contributed by atoms with Crippen molar-refractivity contribution < 1.29 is 9.90 Å². The molecule has 1 aromatic heterocycles. The Morgan fingerprint density at radius 3 is 2.58 bits per heavy atom. The molecule has 7 nitrogen and oxygen atoms in total. The van der Waals surface area contributed by atoms with Crippen LogP contribution in [0.5, 0.6) is 0 Å². The number of rotatable bonds is 4. The standard InChI is InChI=1S/C17H29N5O2/c1-14-10-15(2)22(18-14)11-16(23)21-5-4-17(24,13-21)12-20-8-6-19(3)7-9-20/h10,24H,4-9,11-13H2,1-3H3/t17-/m1/s1. The summed E-state index contributed by atoms with van der Waals surface area (Å²) in [6.07, 6.45) is 0.655. The molecule has 3 heterocycles. The van der Waals surface area contributed by atoms with Gasteiger partial charge in [-0.25, -0.2) is 0 Å². The highest BCUT2D eigenvalue weighted by atomic mass is 16.3. The molecule has 24 heavy (non-hydrogen) atoms. The van der Waals surface area contributed by atoms with Crippen molar-refractivity contribution in [3.8, 4) is 0 Å². The van der Waals surface area contributed by atoms with E-state index < -0.39 is 5.60 Å². The van der Waals surface area contributed by atoms with Gasteiger partial charge >= 0.3 is 0 Å². The number of piperazine rings is 1. The van der Waals surface area contributed by atoms with Crippen LogP contribution in [0.3, 0.4) is 0 Å². The molecule has 0 unspecified atom stereocenters. The second-order valence-corrected chi connectivity index (χ2v) is 7.45. The van der Waals surface area contributed by atoms with Crippen LogP contribution in [-0.4, -0.2) is 94.0 Å². The number of aryl methyl sites for hydroxylation is 2. The van der Waals surface area contributed by atoms with E-state index in [1.54, 1.807) is 9.58 Å². The maximum absolute atomic E-state index is 12.5. The molecule has 0 saturated carbocycles. The zero-order chi connectivity index (χ0) is 17.3. The fourth-order valence-corrected chi connectivity index (χ4v) is 3.68. The first-order valence-corrected chi connectivity index (χ1v) is 8.77. The monoisotopic (exact) mass is 335 g/mol. The number of nitrogens with zero attached hydrogens (tertiary/aromatic N) is 5. The molecule has 2 aliphatic rings. The van der Waals surface area contributed by atoms with E-state index in [0.29, 0.717) is 26.1 Å². The summed E-state index contributed by atoms with van der Waals surface area (Å²) in [7, 11) is 2.13. The number of likely N-dealkylation sites (tertiary alicyclic amines) is 1. The number of hydrogen-bond acceptors (Lipinski definition) is 5. The third kappa shape index (κ3) is 3.96. The van der Waals surface area contributed by atoms with Crippen molar-refractivity contribution in [1.29, 1.82) is 0 Å². The molecule has 0 radical (unpaired) electrons. The Morgan fingerprint density at radius 2 is 1.96 bits per heavy atom. The molecule has 1 aromatic rings. The van der Waals surface area contributed by atoms with Gasteiger partial charge in [-0.15, -0.1) is 0 Å². The van der Waals surface area contributed by atoms with Gasteiger partial charge < -0.3 is 14.9 Å². The maximum atomic E-state index is 12.5. The van der Waals surface area contributed by atoms with Crippen molar-refractivity contribution in [1.82, 2.24) is 24.5 Å². The van der Waals surface area contributed by atoms with Crippen LogP contribution in [-0.2, 0) is 11.3 Å². The van der Waals surface area contributed by atoms with Crippen LogP contribution in [0.1, 0.15) is 17.8 Å². The van der Waals surface area contributed by atoms with Crippen LogP contribution in [0.15, 0.2) is 6.07 Å². The summed E-state index contributed by atoms with van der Waals surface area (Å²) in [5, 5.41) is 15.2. The molecule has 2 fully saturated rings. The normalized spacial score (nSPS) is 26.2. The van der Waals surface area contributed by atoms with E-state index in [1.807, 2.05) is 19.9 Å². The fourth-order valence-electron chi connectivity index (χ4n) is 3.68. The minimum atomic E-state index is -0.777. The van der Waals surface area contributed by atoms with E-state index >= 15 is 0 Å². The molecule has 1 N–H and O–H groups in total. The average Bonchev–Trinajstić information content (AvgIpc) is 3.05. The maximum Gasteiger partial charge on any atom is 0.244 e. The first-order valence-electron chi connectivity index (χ1n) is 8.77. The number of aliphatic hydroxyl groups is 1. The second-order valence-electron chi connectivity index (χ2n) is 7.45. The smallest absolute Gasteiger partial charge is 0.244 e. The minimum Gasteiger partial charge on any atom is -0.387 e. The van der Waals surface area contributed by atoms with Gasteiger partial charge in [-0.1, -0.05) is 0 Å². The lowest BCUT2D eigenvalue weighted by atomic mass is 10.0. The largest absolute Gasteiger partial charge is 0.387 e. The Kier molecular flexibility index (Phi) is 4.94. The molecule has 0 spiro atoms. The molecule has 0 aromatic carbocycles. The second kappa shape index (κ2) is 6.82. The van der Waals surface area contributed by atoms with Crippen LogP contribution in [0, 0.1) is 13.8 Å². The van der Waals surface area contributed by atoms with Crippen LogP contribution in [0.4, 0.5) is 0 Å². The molecule has 1 amide bonds. The number of β-amino-alcohol motifs (C(OH)–C–C–N with tert-alkyl or cyclic N) is 1. The molecule has 7 heteroatoms. The Labute approximate surface area is 143 Å². The molecule has 0 aliphatic carbocycles. The molecular weight excluding hydrogens is 306 g/mol. The van der Waals surface area contributed by atoms with Gasteiger partial charge in [0.1, 0.15) is 6.54 Å². The molecule has 0 bridgehead atoms. The topological polar surface area (TPSA) is 64.8 Å². The molecule has 1 atom stereocenters. The lowest BCUT2D eigenvalue weighted by molar-refractivity contribution is -0.132. The Hall–Kier alpha value is -1.44. The van der Waals surface area contributed by atoms with Crippen molar-refractivity contribution >= 4 is 5.91 Å². The van der Waals surface area contributed by atoms with Crippen molar-refractivity contribution in [2.45, 2.75) is 32.4 Å². The number of carbonyl (C=O) groups excluding carboxylic acids is 1. The van der Waals surface area contributed by atoms with Gasteiger partial charge in [-0.05, 0) is 33.4 Å². The Balaban J connectivity index is 1.54. The first kappa shape index (κ1) is 17.4. The lowest BCUT2D eigenvalue weighted by Gasteiger charge is -2.36. The predicted octanol–water partition coefficient (Wildman–Crippen LogP) is -0.289. The molecule has 2 aliphatic heterocycles. The van der Waals surface area contributed by atoms with Crippen molar-refractivity contribution in [3.05, 3.63) is 17.5 Å². The summed E-state index contributed by atoms with van der Waals surface area (Å²) in [5.74, 6) is 0.0375. The first-order chi connectivity index (χ1) is 11.3. The lowest BCUT2D eigenvalue weighted by Crippen LogP contribution is -2.52. The van der Waals surface area contributed by atoms with Crippen LogP contribution in [0.25, 0.3) is 0 Å². The molecule has 134 valence electrons. The van der Waals surface area contributed by atoms with Crippen LogP contribution >= 0.6 is 0 Å². The molecule has 2 saturated heterocycles. The van der Waals surface area contributed by atoms with Gasteiger partial charge in [0, 0.05) is 45.0 Å².